The molecule has 2 fully saturated rings. The van der Waals surface area contributed by atoms with E-state index in [0.29, 0.717) is 19.4 Å². The summed E-state index contributed by atoms with van der Waals surface area (Å²) in [6, 6.07) is -0.711. The standard InChI is InChI=1S/C9H14N4O3/c1-10-8(16)13-4-2-3-9(5-13)6(14)11-7(15)12-9/h2-5H2,1H3,(H,10,16)(H2,11,12,14,15). The number of rotatable bonds is 0. The average molecular weight is 226 g/mol. The number of carbonyl (C=O) groups excluding carboxylic acids is 3. The van der Waals surface area contributed by atoms with Crippen molar-refractivity contribution >= 4 is 18.0 Å². The van der Waals surface area contributed by atoms with Gasteiger partial charge in [0, 0.05) is 13.6 Å². The van der Waals surface area contributed by atoms with Gasteiger partial charge in [0.1, 0.15) is 5.54 Å². The Bertz CT molecular complexity index is 357. The Labute approximate surface area is 92.5 Å². The highest BCUT2D eigenvalue weighted by Gasteiger charge is 2.49. The molecular weight excluding hydrogens is 212 g/mol. The lowest BCUT2D eigenvalue weighted by Gasteiger charge is -2.37. The molecule has 0 aromatic heterocycles. The van der Waals surface area contributed by atoms with E-state index in [4.69, 9.17) is 0 Å². The molecule has 0 aliphatic carbocycles. The molecule has 0 radical (unpaired) electrons. The van der Waals surface area contributed by atoms with Crippen molar-refractivity contribution in [1.82, 2.24) is 20.9 Å². The van der Waals surface area contributed by atoms with Gasteiger partial charge < -0.3 is 15.5 Å². The quantitative estimate of drug-likeness (QED) is 0.463. The summed E-state index contributed by atoms with van der Waals surface area (Å²) in [6.07, 6.45) is 1.26. The zero-order valence-corrected chi connectivity index (χ0v) is 9.00. The van der Waals surface area contributed by atoms with Crippen LogP contribution in [0.15, 0.2) is 0 Å². The monoisotopic (exact) mass is 226 g/mol. The fourth-order valence-electron chi connectivity index (χ4n) is 2.20. The minimum atomic E-state index is -0.929. The first-order valence-corrected chi connectivity index (χ1v) is 5.18. The van der Waals surface area contributed by atoms with Crippen molar-refractivity contribution in [3.63, 3.8) is 0 Å². The smallest absolute Gasteiger partial charge is 0.322 e. The number of urea groups is 2. The van der Waals surface area contributed by atoms with E-state index in [2.05, 4.69) is 16.0 Å². The fourth-order valence-corrected chi connectivity index (χ4v) is 2.20. The van der Waals surface area contributed by atoms with Gasteiger partial charge in [-0.15, -0.1) is 0 Å². The van der Waals surface area contributed by atoms with Gasteiger partial charge in [-0.2, -0.15) is 0 Å². The Morgan fingerprint density at radius 1 is 1.50 bits per heavy atom. The van der Waals surface area contributed by atoms with Crippen LogP contribution in [0.3, 0.4) is 0 Å². The van der Waals surface area contributed by atoms with Gasteiger partial charge in [0.25, 0.3) is 5.91 Å². The second kappa shape index (κ2) is 3.66. The summed E-state index contributed by atoms with van der Waals surface area (Å²) >= 11 is 0. The molecule has 2 rings (SSSR count). The molecule has 1 spiro atoms. The molecule has 1 unspecified atom stereocenters. The number of imide groups is 1. The molecule has 2 heterocycles. The predicted octanol–water partition coefficient (Wildman–Crippen LogP) is -1.00. The molecule has 7 heteroatoms. The molecule has 0 aromatic rings. The van der Waals surface area contributed by atoms with Gasteiger partial charge in [-0.3, -0.25) is 10.1 Å². The average Bonchev–Trinajstić information content (AvgIpc) is 2.52. The Morgan fingerprint density at radius 3 is 2.81 bits per heavy atom. The minimum Gasteiger partial charge on any atom is -0.341 e. The summed E-state index contributed by atoms with van der Waals surface area (Å²) < 4.78 is 0. The second-order valence-electron chi connectivity index (χ2n) is 4.07. The molecule has 0 saturated carbocycles. The lowest BCUT2D eigenvalue weighted by Crippen LogP contribution is -2.60. The number of piperidine rings is 1. The van der Waals surface area contributed by atoms with Gasteiger partial charge in [0.15, 0.2) is 0 Å². The van der Waals surface area contributed by atoms with Crippen molar-refractivity contribution < 1.29 is 14.4 Å². The van der Waals surface area contributed by atoms with Gasteiger partial charge in [-0.1, -0.05) is 0 Å². The van der Waals surface area contributed by atoms with Crippen molar-refractivity contribution in [2.75, 3.05) is 20.1 Å². The van der Waals surface area contributed by atoms with Crippen LogP contribution in [0.25, 0.3) is 0 Å². The number of nitrogens with one attached hydrogen (secondary N) is 3. The van der Waals surface area contributed by atoms with E-state index < -0.39 is 11.6 Å². The Balaban J connectivity index is 2.15. The number of hydrogen-bond donors (Lipinski definition) is 3. The summed E-state index contributed by atoms with van der Waals surface area (Å²) in [5, 5.41) is 7.32. The highest BCUT2D eigenvalue weighted by atomic mass is 16.2. The van der Waals surface area contributed by atoms with Gasteiger partial charge >= 0.3 is 12.1 Å². The van der Waals surface area contributed by atoms with Crippen LogP contribution >= 0.6 is 0 Å². The van der Waals surface area contributed by atoms with E-state index >= 15 is 0 Å². The molecule has 1 atom stereocenters. The molecular formula is C9H14N4O3. The van der Waals surface area contributed by atoms with Crippen molar-refractivity contribution in [1.29, 1.82) is 0 Å². The van der Waals surface area contributed by atoms with E-state index in [1.807, 2.05) is 0 Å². The molecule has 3 N–H and O–H groups in total. The number of carbonyl (C=O) groups is 3. The maximum Gasteiger partial charge on any atom is 0.322 e. The number of amides is 5. The van der Waals surface area contributed by atoms with Crippen LogP contribution in [0.1, 0.15) is 12.8 Å². The highest BCUT2D eigenvalue weighted by molar-refractivity contribution is 6.07. The van der Waals surface area contributed by atoms with Gasteiger partial charge in [0.05, 0.1) is 6.54 Å². The number of hydrogen-bond acceptors (Lipinski definition) is 3. The first-order valence-electron chi connectivity index (χ1n) is 5.18. The number of nitrogens with zero attached hydrogens (tertiary/aromatic N) is 1. The maximum atomic E-state index is 11.7. The lowest BCUT2D eigenvalue weighted by atomic mass is 9.89. The maximum absolute atomic E-state index is 11.7. The summed E-state index contributed by atoms with van der Waals surface area (Å²) in [5.74, 6) is -0.342. The Hall–Kier alpha value is -1.79. The third kappa shape index (κ3) is 1.58. The zero-order valence-electron chi connectivity index (χ0n) is 9.00. The van der Waals surface area contributed by atoms with Crippen molar-refractivity contribution in [3.05, 3.63) is 0 Å². The molecule has 88 valence electrons. The Kier molecular flexibility index (Phi) is 2.45. The molecule has 0 aromatic carbocycles. The minimum absolute atomic E-state index is 0.226. The van der Waals surface area contributed by atoms with E-state index in [9.17, 15) is 14.4 Å². The van der Waals surface area contributed by atoms with Crippen LogP contribution < -0.4 is 16.0 Å². The third-order valence-electron chi connectivity index (χ3n) is 3.01. The van der Waals surface area contributed by atoms with Crippen molar-refractivity contribution in [2.45, 2.75) is 18.4 Å². The third-order valence-corrected chi connectivity index (χ3v) is 3.01. The SMILES string of the molecule is CNC(=O)N1CCCC2(C1)NC(=O)NC2=O. The van der Waals surface area contributed by atoms with Crippen LogP contribution in [-0.4, -0.2) is 48.5 Å². The first kappa shape index (κ1) is 10.7. The summed E-state index contributed by atoms with van der Waals surface area (Å²) in [4.78, 5) is 35.8. The molecule has 0 bridgehead atoms. The number of likely N-dealkylation sites (tertiary alicyclic amines) is 1. The Morgan fingerprint density at radius 2 is 2.25 bits per heavy atom. The van der Waals surface area contributed by atoms with E-state index in [0.717, 1.165) is 0 Å². The molecule has 16 heavy (non-hydrogen) atoms. The molecule has 7 nitrogen and oxygen atoms in total. The largest absolute Gasteiger partial charge is 0.341 e. The van der Waals surface area contributed by atoms with Crippen LogP contribution in [-0.2, 0) is 4.79 Å². The summed E-state index contributed by atoms with van der Waals surface area (Å²) in [7, 11) is 1.54. The van der Waals surface area contributed by atoms with Gasteiger partial charge in [0.2, 0.25) is 0 Å². The van der Waals surface area contributed by atoms with Gasteiger partial charge in [-0.25, -0.2) is 9.59 Å². The molecule has 2 aliphatic heterocycles. The van der Waals surface area contributed by atoms with Crippen LogP contribution in [0.5, 0.6) is 0 Å². The van der Waals surface area contributed by atoms with Crippen LogP contribution in [0.2, 0.25) is 0 Å². The first-order chi connectivity index (χ1) is 7.57. The van der Waals surface area contributed by atoms with Crippen LogP contribution in [0.4, 0.5) is 9.59 Å². The van der Waals surface area contributed by atoms with E-state index in [1.165, 1.54) is 11.9 Å². The zero-order chi connectivity index (χ0) is 11.8. The van der Waals surface area contributed by atoms with Crippen molar-refractivity contribution in [2.24, 2.45) is 0 Å². The van der Waals surface area contributed by atoms with E-state index in [-0.39, 0.29) is 18.5 Å². The predicted molar refractivity (Wildman–Crippen MR) is 54.7 cm³/mol. The van der Waals surface area contributed by atoms with Gasteiger partial charge in [-0.05, 0) is 12.8 Å². The van der Waals surface area contributed by atoms with Crippen molar-refractivity contribution in [3.8, 4) is 0 Å². The second-order valence-corrected chi connectivity index (χ2v) is 4.07. The topological polar surface area (TPSA) is 90.5 Å². The molecule has 2 saturated heterocycles. The normalized spacial score (nSPS) is 28.9. The van der Waals surface area contributed by atoms with E-state index in [1.54, 1.807) is 0 Å². The molecule has 5 amide bonds. The lowest BCUT2D eigenvalue weighted by molar-refractivity contribution is -0.125. The molecule has 2 aliphatic rings. The van der Waals surface area contributed by atoms with Crippen LogP contribution in [0, 0.1) is 0 Å². The summed E-state index contributed by atoms with van der Waals surface area (Å²) in [6.45, 7) is 0.828. The summed E-state index contributed by atoms with van der Waals surface area (Å²) in [5.41, 5.74) is -0.929. The highest BCUT2D eigenvalue weighted by Crippen LogP contribution is 2.24. The fraction of sp³-hybridized carbons (Fsp3) is 0.667.